The van der Waals surface area contributed by atoms with Crippen molar-refractivity contribution in [2.45, 2.75) is 0 Å². The van der Waals surface area contributed by atoms with Crippen molar-refractivity contribution in [1.82, 2.24) is 5.43 Å². The third kappa shape index (κ3) is 3.66. The second-order valence-electron chi connectivity index (χ2n) is 3.40. The van der Waals surface area contributed by atoms with Gasteiger partial charge in [-0.25, -0.2) is 10.2 Å². The Kier molecular flexibility index (Phi) is 4.41. The molecule has 13 nitrogen and oxygen atoms in total. The van der Waals surface area contributed by atoms with Gasteiger partial charge in [0, 0.05) is 0 Å². The first kappa shape index (κ1) is 15.4. The summed E-state index contributed by atoms with van der Waals surface area (Å²) in [6, 6.07) is -0.0180. The smallest absolute Gasteiger partial charge is 0.332 e. The lowest BCUT2D eigenvalue weighted by molar-refractivity contribution is -0.403. The maximum absolute atomic E-state index is 10.9. The summed E-state index contributed by atoms with van der Waals surface area (Å²) in [7, 11) is 0. The van der Waals surface area contributed by atoms with E-state index in [9.17, 15) is 35.1 Å². The van der Waals surface area contributed by atoms with E-state index in [-0.39, 0.29) is 0 Å². The van der Waals surface area contributed by atoms with Crippen LogP contribution in [-0.2, 0) is 0 Å². The predicted molar refractivity (Wildman–Crippen MR) is 66.7 cm³/mol. The summed E-state index contributed by atoms with van der Waals surface area (Å²) in [5.74, 6) is 0. The van der Waals surface area contributed by atoms with E-state index in [4.69, 9.17) is 5.73 Å². The number of nitro groups is 3. The Bertz CT molecular complexity index is 634. The molecule has 0 atom stereocenters. The van der Waals surface area contributed by atoms with Crippen LogP contribution in [0.4, 0.5) is 21.9 Å². The molecular weight excluding hydrogens is 292 g/mol. The number of hydrogen-bond donors (Lipinski definition) is 2. The molecule has 0 saturated carbocycles. The number of nitrogens with zero attached hydrogens (tertiary/aromatic N) is 4. The third-order valence-corrected chi connectivity index (χ3v) is 2.09. The molecule has 110 valence electrons. The van der Waals surface area contributed by atoms with Crippen LogP contribution < -0.4 is 11.2 Å². The number of non-ortho nitro benzene ring substituents is 1. The van der Waals surface area contributed by atoms with E-state index >= 15 is 0 Å². The van der Waals surface area contributed by atoms with Gasteiger partial charge in [-0.2, -0.15) is 5.10 Å². The summed E-state index contributed by atoms with van der Waals surface area (Å²) in [5, 5.41) is 35.5. The SMILES string of the molecule is NC(=O)N/N=C/c1c([N+](=O)[O-])cc([N+](=O)[O-])cc1[N+](=O)[O-]. The first-order chi connectivity index (χ1) is 9.73. The van der Waals surface area contributed by atoms with Gasteiger partial charge in [0.15, 0.2) is 5.56 Å². The second-order valence-corrected chi connectivity index (χ2v) is 3.40. The highest BCUT2D eigenvalue weighted by Gasteiger charge is 2.29. The molecule has 1 aromatic carbocycles. The summed E-state index contributed by atoms with van der Waals surface area (Å²) in [5.41, 5.74) is 3.12. The number of urea groups is 1. The highest BCUT2D eigenvalue weighted by atomic mass is 16.6. The van der Waals surface area contributed by atoms with Crippen molar-refractivity contribution >= 4 is 29.3 Å². The molecule has 1 aromatic rings. The summed E-state index contributed by atoms with van der Waals surface area (Å²) >= 11 is 0. The molecular formula is C8H6N6O7. The summed E-state index contributed by atoms with van der Waals surface area (Å²) in [4.78, 5) is 39.6. The van der Waals surface area contributed by atoms with Crippen molar-refractivity contribution in [3.63, 3.8) is 0 Å². The first-order valence-corrected chi connectivity index (χ1v) is 4.93. The Hall–Kier alpha value is -3.64. The fraction of sp³-hybridized carbons (Fsp3) is 0. The molecule has 0 radical (unpaired) electrons. The van der Waals surface area contributed by atoms with Gasteiger partial charge in [-0.05, 0) is 0 Å². The Labute approximate surface area is 114 Å². The van der Waals surface area contributed by atoms with Crippen LogP contribution in [-0.4, -0.2) is 27.0 Å². The fourth-order valence-electron chi connectivity index (χ4n) is 1.31. The lowest BCUT2D eigenvalue weighted by atomic mass is 10.1. The van der Waals surface area contributed by atoms with Gasteiger partial charge in [0.05, 0.1) is 33.1 Å². The van der Waals surface area contributed by atoms with E-state index in [1.54, 1.807) is 5.43 Å². The van der Waals surface area contributed by atoms with Crippen LogP contribution >= 0.6 is 0 Å². The number of carbonyl (C=O) groups is 1. The minimum atomic E-state index is -1.10. The lowest BCUT2D eigenvalue weighted by Crippen LogP contribution is -2.24. The number of nitro benzene ring substituents is 3. The molecule has 0 unspecified atom stereocenters. The molecule has 0 aliphatic heterocycles. The molecule has 0 fully saturated rings. The predicted octanol–water partition coefficient (Wildman–Crippen LogP) is 0.413. The minimum absolute atomic E-state index is 0.540. The third-order valence-electron chi connectivity index (χ3n) is 2.09. The highest BCUT2D eigenvalue weighted by Crippen LogP contribution is 2.32. The van der Waals surface area contributed by atoms with Crippen molar-refractivity contribution in [1.29, 1.82) is 0 Å². The molecule has 0 aliphatic carbocycles. The van der Waals surface area contributed by atoms with Gasteiger partial charge in [-0.3, -0.25) is 30.3 Å². The number of rotatable bonds is 5. The van der Waals surface area contributed by atoms with Gasteiger partial charge in [0.25, 0.3) is 17.1 Å². The number of amides is 2. The highest BCUT2D eigenvalue weighted by molar-refractivity contribution is 5.92. The van der Waals surface area contributed by atoms with Gasteiger partial charge < -0.3 is 5.73 Å². The molecule has 0 bridgehead atoms. The number of benzene rings is 1. The van der Waals surface area contributed by atoms with Gasteiger partial charge in [0.2, 0.25) is 0 Å². The molecule has 21 heavy (non-hydrogen) atoms. The average molecular weight is 298 g/mol. The minimum Gasteiger partial charge on any atom is -0.350 e. The number of nitrogens with one attached hydrogen (secondary N) is 1. The van der Waals surface area contributed by atoms with E-state index in [0.29, 0.717) is 18.3 Å². The molecule has 1 rings (SSSR count). The number of nitrogens with two attached hydrogens (primary N) is 1. The molecule has 3 N–H and O–H groups in total. The van der Waals surface area contributed by atoms with Crippen LogP contribution in [0.1, 0.15) is 5.56 Å². The second kappa shape index (κ2) is 6.00. The molecule has 0 spiro atoms. The molecule has 0 saturated heterocycles. The van der Waals surface area contributed by atoms with E-state index in [1.165, 1.54) is 0 Å². The van der Waals surface area contributed by atoms with Crippen LogP contribution in [0.2, 0.25) is 0 Å². The monoisotopic (exact) mass is 298 g/mol. The molecule has 0 heterocycles. The first-order valence-electron chi connectivity index (χ1n) is 4.93. The van der Waals surface area contributed by atoms with E-state index in [2.05, 4.69) is 5.10 Å². The van der Waals surface area contributed by atoms with Crippen LogP contribution in [0.3, 0.4) is 0 Å². The quantitative estimate of drug-likeness (QED) is 0.445. The van der Waals surface area contributed by atoms with Crippen molar-refractivity contribution in [3.8, 4) is 0 Å². The van der Waals surface area contributed by atoms with Gasteiger partial charge in [-0.1, -0.05) is 0 Å². The maximum atomic E-state index is 10.9. The van der Waals surface area contributed by atoms with Crippen LogP contribution in [0, 0.1) is 30.3 Å². The normalized spacial score (nSPS) is 10.3. The zero-order valence-corrected chi connectivity index (χ0v) is 9.96. The summed E-state index contributed by atoms with van der Waals surface area (Å²) in [6.45, 7) is 0. The van der Waals surface area contributed by atoms with Crippen molar-refractivity contribution in [2.24, 2.45) is 10.8 Å². The lowest BCUT2D eigenvalue weighted by Gasteiger charge is -2.00. The topological polar surface area (TPSA) is 197 Å². The molecule has 0 aromatic heterocycles. The molecule has 2 amide bonds. The zero-order valence-electron chi connectivity index (χ0n) is 9.96. The van der Waals surface area contributed by atoms with E-state index in [0.717, 1.165) is 0 Å². The van der Waals surface area contributed by atoms with Crippen molar-refractivity contribution in [3.05, 3.63) is 48.0 Å². The van der Waals surface area contributed by atoms with Gasteiger partial charge >= 0.3 is 6.03 Å². The fourth-order valence-corrected chi connectivity index (χ4v) is 1.31. The molecule has 0 aliphatic rings. The Morgan fingerprint density at radius 1 is 1.10 bits per heavy atom. The largest absolute Gasteiger partial charge is 0.350 e. The van der Waals surface area contributed by atoms with Crippen molar-refractivity contribution in [2.75, 3.05) is 0 Å². The van der Waals surface area contributed by atoms with Crippen LogP contribution in [0.5, 0.6) is 0 Å². The standard InChI is InChI=1S/C8H6N6O7/c9-8(15)11-10-3-5-6(13(18)19)1-4(12(16)17)2-7(5)14(20)21/h1-3H,(H3,9,11,15)/b10-3+. The van der Waals surface area contributed by atoms with E-state index < -0.39 is 43.4 Å². The van der Waals surface area contributed by atoms with Crippen LogP contribution in [0.25, 0.3) is 0 Å². The number of hydrazone groups is 1. The summed E-state index contributed by atoms with van der Waals surface area (Å²) < 4.78 is 0. The van der Waals surface area contributed by atoms with Gasteiger partial charge in [-0.15, -0.1) is 0 Å². The van der Waals surface area contributed by atoms with Crippen molar-refractivity contribution < 1.29 is 19.6 Å². The van der Waals surface area contributed by atoms with Crippen LogP contribution in [0.15, 0.2) is 17.2 Å². The molecule has 13 heteroatoms. The van der Waals surface area contributed by atoms with E-state index in [1.807, 2.05) is 0 Å². The Morgan fingerprint density at radius 3 is 1.90 bits per heavy atom. The maximum Gasteiger partial charge on any atom is 0.332 e. The number of hydrogen-bond acceptors (Lipinski definition) is 8. The number of primary amides is 1. The Morgan fingerprint density at radius 2 is 1.57 bits per heavy atom. The Balaban J connectivity index is 3.53. The summed E-state index contributed by atoms with van der Waals surface area (Å²) in [6.07, 6.45) is 0.602. The van der Waals surface area contributed by atoms with Gasteiger partial charge in [0.1, 0.15) is 0 Å². The number of carbonyl (C=O) groups excluding carboxylic acids is 1. The average Bonchev–Trinajstić information content (AvgIpc) is 2.37. The zero-order chi connectivity index (χ0) is 16.2.